The van der Waals surface area contributed by atoms with Crippen molar-refractivity contribution in [3.63, 3.8) is 0 Å². The summed E-state index contributed by atoms with van der Waals surface area (Å²) < 4.78 is 40.3. The van der Waals surface area contributed by atoms with Crippen LogP contribution in [0, 0.1) is 0 Å². The van der Waals surface area contributed by atoms with Crippen LogP contribution in [0.2, 0.25) is 36.3 Å². The Labute approximate surface area is 308 Å². The van der Waals surface area contributed by atoms with Gasteiger partial charge in [0.15, 0.2) is 29.1 Å². The van der Waals surface area contributed by atoms with Crippen LogP contribution in [-0.4, -0.2) is 95.8 Å². The molecule has 0 spiro atoms. The van der Waals surface area contributed by atoms with Gasteiger partial charge in [0, 0.05) is 24.5 Å². The van der Waals surface area contributed by atoms with Gasteiger partial charge in [-0.2, -0.15) is 0 Å². The van der Waals surface area contributed by atoms with E-state index in [1.807, 2.05) is 67.7 Å². The van der Waals surface area contributed by atoms with E-state index in [1.165, 1.54) is 24.5 Å². The number of H-pyrrole nitrogens is 2. The SMILES string of the molecule is CC(C)(C)[Si](C)(C)OC1C(O)C(COP(=S)(S)OC2C(CO)OC(n3ccc(=O)[nH]c3=O)C2O[Si](C)(C)C(C)(C)C)OC1n1ccc(=O)[nH]c1=O. The van der Waals surface area contributed by atoms with Crippen molar-refractivity contribution in [2.45, 2.75) is 127 Å². The minimum Gasteiger partial charge on any atom is -0.407 e. The van der Waals surface area contributed by atoms with Gasteiger partial charge in [-0.25, -0.2) is 9.59 Å². The smallest absolute Gasteiger partial charge is 0.330 e. The molecule has 288 valence electrons. The van der Waals surface area contributed by atoms with Crippen molar-refractivity contribution >= 4 is 46.4 Å². The number of aromatic amines is 2. The van der Waals surface area contributed by atoms with Crippen LogP contribution in [0.25, 0.3) is 0 Å². The first kappa shape index (κ1) is 42.2. The maximum atomic E-state index is 12.9. The van der Waals surface area contributed by atoms with Crippen LogP contribution < -0.4 is 22.5 Å². The van der Waals surface area contributed by atoms with E-state index >= 15 is 0 Å². The second-order valence-corrected chi connectivity index (χ2v) is 30.6. The molecule has 0 amide bonds. The predicted molar refractivity (Wildman–Crippen MR) is 202 cm³/mol. The van der Waals surface area contributed by atoms with Crippen molar-refractivity contribution < 1.29 is 37.6 Å². The zero-order valence-electron chi connectivity index (χ0n) is 30.5. The van der Waals surface area contributed by atoms with Gasteiger partial charge in [0.25, 0.3) is 11.1 Å². The maximum absolute atomic E-state index is 12.9. The van der Waals surface area contributed by atoms with Crippen LogP contribution in [0.4, 0.5) is 0 Å². The molecule has 21 heteroatoms. The van der Waals surface area contributed by atoms with Gasteiger partial charge >= 0.3 is 11.4 Å². The Morgan fingerprint density at radius 1 is 0.824 bits per heavy atom. The summed E-state index contributed by atoms with van der Waals surface area (Å²) in [5.41, 5.74) is -6.23. The molecule has 4 N–H and O–H groups in total. The summed E-state index contributed by atoms with van der Waals surface area (Å²) in [6, 6.07) is 2.34. The molecular weight excluding hydrogens is 760 g/mol. The molecule has 0 radical (unpaired) electrons. The molecule has 2 aromatic rings. The number of nitrogens with one attached hydrogen (secondary N) is 2. The fraction of sp³-hybridized carbons (Fsp3) is 0.733. The van der Waals surface area contributed by atoms with E-state index in [1.54, 1.807) is 0 Å². The normalized spacial score (nSPS) is 29.0. The minimum absolute atomic E-state index is 0.254. The van der Waals surface area contributed by atoms with Crippen molar-refractivity contribution in [2.24, 2.45) is 0 Å². The van der Waals surface area contributed by atoms with Crippen LogP contribution in [0.1, 0.15) is 54.0 Å². The van der Waals surface area contributed by atoms with Gasteiger partial charge in [-0.3, -0.25) is 28.7 Å². The molecule has 0 saturated carbocycles. The molecule has 0 bridgehead atoms. The lowest BCUT2D eigenvalue weighted by Gasteiger charge is -2.41. The lowest BCUT2D eigenvalue weighted by Crippen LogP contribution is -2.50. The zero-order valence-corrected chi connectivity index (χ0v) is 35.1. The molecule has 0 aliphatic carbocycles. The number of nitrogens with zero attached hydrogens (tertiary/aromatic N) is 2. The summed E-state index contributed by atoms with van der Waals surface area (Å²) in [6.45, 7) is 19.3. The summed E-state index contributed by atoms with van der Waals surface area (Å²) in [4.78, 5) is 53.8. The highest BCUT2D eigenvalue weighted by molar-refractivity contribution is 8.60. The molecule has 2 aliphatic rings. The second-order valence-electron chi connectivity index (χ2n) is 15.9. The minimum atomic E-state index is -3.56. The highest BCUT2D eigenvalue weighted by atomic mass is 32.9. The van der Waals surface area contributed by atoms with Crippen LogP contribution in [0.3, 0.4) is 0 Å². The number of thiol groups is 1. The number of aliphatic hydroxyl groups is 2. The second kappa shape index (κ2) is 15.3. The first-order valence-corrected chi connectivity index (χ1v) is 26.1. The van der Waals surface area contributed by atoms with Crippen molar-refractivity contribution in [1.29, 1.82) is 0 Å². The predicted octanol–water partition coefficient (Wildman–Crippen LogP) is 2.57. The number of aliphatic hydroxyl groups excluding tert-OH is 2. The first-order chi connectivity index (χ1) is 23.3. The molecule has 4 rings (SSSR count). The van der Waals surface area contributed by atoms with Crippen molar-refractivity contribution in [3.8, 4) is 0 Å². The first-order valence-electron chi connectivity index (χ1n) is 16.5. The highest BCUT2D eigenvalue weighted by Crippen LogP contribution is 2.57. The van der Waals surface area contributed by atoms with E-state index < -0.39 is 101 Å². The molecule has 2 fully saturated rings. The summed E-state index contributed by atoms with van der Waals surface area (Å²) in [5.74, 6) is 0. The Bertz CT molecular complexity index is 1840. The fourth-order valence-electron chi connectivity index (χ4n) is 5.18. The third kappa shape index (κ3) is 9.41. The summed E-state index contributed by atoms with van der Waals surface area (Å²) in [5, 5.41) is 21.4. The Hall–Kier alpha value is -1.53. The quantitative estimate of drug-likeness (QED) is 0.119. The number of ether oxygens (including phenoxy) is 2. The summed E-state index contributed by atoms with van der Waals surface area (Å²) in [6.07, 6.45) is -6.15. The summed E-state index contributed by atoms with van der Waals surface area (Å²) >= 11 is 10.3. The largest absolute Gasteiger partial charge is 0.407 e. The number of aromatic nitrogens is 4. The Morgan fingerprint density at radius 2 is 1.25 bits per heavy atom. The third-order valence-corrected chi connectivity index (χ3v) is 21.3. The number of rotatable bonds is 12. The fourth-order valence-corrected chi connectivity index (χ4v) is 9.72. The van der Waals surface area contributed by atoms with Crippen LogP contribution in [0.15, 0.2) is 43.7 Å². The molecular formula is C30H51N4O12PS2Si2. The average Bonchev–Trinajstić information content (AvgIpc) is 3.46. The van der Waals surface area contributed by atoms with Gasteiger partial charge in [0.05, 0.1) is 13.2 Å². The number of hydrogen-bond acceptors (Lipinski definition) is 13. The summed E-state index contributed by atoms with van der Waals surface area (Å²) in [7, 11) is -5.14. The lowest BCUT2D eigenvalue weighted by molar-refractivity contribution is -0.0545. The van der Waals surface area contributed by atoms with E-state index in [4.69, 9.17) is 39.2 Å². The van der Waals surface area contributed by atoms with Gasteiger partial charge in [0.2, 0.25) is 5.69 Å². The van der Waals surface area contributed by atoms with Gasteiger partial charge in [-0.1, -0.05) is 53.8 Å². The topological polar surface area (TPSA) is 206 Å². The molecule has 0 aromatic carbocycles. The van der Waals surface area contributed by atoms with E-state index in [2.05, 4.69) is 22.2 Å². The van der Waals surface area contributed by atoms with Crippen LogP contribution >= 0.6 is 17.9 Å². The molecule has 51 heavy (non-hydrogen) atoms. The average molecular weight is 811 g/mol. The third-order valence-electron chi connectivity index (χ3n) is 10.2. The molecule has 9 atom stereocenters. The molecule has 16 nitrogen and oxygen atoms in total. The standard InChI is InChI=1S/C30H51N4O12PS2Si2/c1-29(2,3)50(7,8)45-23-21(38)18(43-25(23)33-13-11-19(36)31-27(33)39)16-41-47(48,49)44-22-17(15-35)42-26(34-14-12-20(37)32-28(34)40)24(22)46-51(9,10)30(4,5)6/h11-14,17-18,21-26,35,38H,15-16H2,1-10H3,(H,48,49)(H,31,36,39)(H,32,37,40). The van der Waals surface area contributed by atoms with E-state index in [0.717, 1.165) is 9.13 Å². The van der Waals surface area contributed by atoms with Crippen molar-refractivity contribution in [1.82, 2.24) is 19.1 Å². The van der Waals surface area contributed by atoms with Gasteiger partial charge in [-0.15, -0.1) is 0 Å². The monoisotopic (exact) mass is 810 g/mol. The molecule has 2 aromatic heterocycles. The Kier molecular flexibility index (Phi) is 12.7. The van der Waals surface area contributed by atoms with Gasteiger partial charge in [0.1, 0.15) is 36.6 Å². The van der Waals surface area contributed by atoms with Crippen molar-refractivity contribution in [2.75, 3.05) is 13.2 Å². The molecule has 2 saturated heterocycles. The van der Waals surface area contributed by atoms with Gasteiger partial charge in [-0.05, 0) is 48.1 Å². The maximum Gasteiger partial charge on any atom is 0.330 e. The highest BCUT2D eigenvalue weighted by Gasteiger charge is 2.54. The van der Waals surface area contributed by atoms with E-state index in [-0.39, 0.29) is 16.7 Å². The molecule has 9 unspecified atom stereocenters. The van der Waals surface area contributed by atoms with Gasteiger partial charge < -0.3 is 37.6 Å². The zero-order chi connectivity index (χ0) is 38.5. The van der Waals surface area contributed by atoms with Crippen molar-refractivity contribution in [3.05, 3.63) is 66.2 Å². The Morgan fingerprint density at radius 3 is 1.69 bits per heavy atom. The lowest BCUT2D eigenvalue weighted by atomic mass is 10.1. The molecule has 4 heterocycles. The Balaban J connectivity index is 1.62. The van der Waals surface area contributed by atoms with E-state index in [9.17, 15) is 29.4 Å². The van der Waals surface area contributed by atoms with Crippen LogP contribution in [0.5, 0.6) is 0 Å². The molecule has 2 aliphatic heterocycles. The number of hydrogen-bond donors (Lipinski definition) is 5. The van der Waals surface area contributed by atoms with Crippen LogP contribution in [-0.2, 0) is 39.2 Å². The van der Waals surface area contributed by atoms with E-state index in [0.29, 0.717) is 0 Å².